The molecule has 1 fully saturated rings. The monoisotopic (exact) mass is 281 g/mol. The highest BCUT2D eigenvalue weighted by atomic mass is 35.5. The number of amides is 1. The molecule has 4 N–H and O–H groups in total. The zero-order chi connectivity index (χ0) is 13.9. The Morgan fingerprint density at radius 1 is 1.47 bits per heavy atom. The summed E-state index contributed by atoms with van der Waals surface area (Å²) in [5.74, 6) is -0.436. The number of benzene rings is 1. The lowest BCUT2D eigenvalue weighted by Gasteiger charge is -2.34. The summed E-state index contributed by atoms with van der Waals surface area (Å²) < 4.78 is 0. The third-order valence-electron chi connectivity index (χ3n) is 3.76. The molecule has 1 heterocycles. The van der Waals surface area contributed by atoms with E-state index in [4.69, 9.17) is 17.3 Å². The number of piperidine rings is 1. The Morgan fingerprint density at radius 3 is 2.79 bits per heavy atom. The summed E-state index contributed by atoms with van der Waals surface area (Å²) in [7, 11) is 0. The molecule has 19 heavy (non-hydrogen) atoms. The zero-order valence-electron chi connectivity index (χ0n) is 11.1. The van der Waals surface area contributed by atoms with Gasteiger partial charge in [0.05, 0.1) is 5.56 Å². The van der Waals surface area contributed by atoms with Crippen molar-refractivity contribution in [3.05, 3.63) is 28.8 Å². The molecule has 1 aliphatic rings. The molecule has 0 spiro atoms. The standard InChI is InChI=1S/C14H20ClN3O/c1-14(4-6-17-7-5-14)9-18-12-8-10(15)2-3-11(12)13(16)19/h2-3,8,17-18H,4-7,9H2,1H3,(H2,16,19). The maximum absolute atomic E-state index is 11.4. The Bertz CT molecular complexity index is 470. The van der Waals surface area contributed by atoms with Gasteiger partial charge >= 0.3 is 0 Å². The van der Waals surface area contributed by atoms with Gasteiger partial charge in [0, 0.05) is 17.3 Å². The van der Waals surface area contributed by atoms with E-state index in [9.17, 15) is 4.79 Å². The number of rotatable bonds is 4. The first-order valence-corrected chi connectivity index (χ1v) is 6.92. The first kappa shape index (κ1) is 14.2. The van der Waals surface area contributed by atoms with Crippen molar-refractivity contribution in [3.8, 4) is 0 Å². The Labute approximate surface area is 118 Å². The fourth-order valence-electron chi connectivity index (χ4n) is 2.39. The number of halogens is 1. The number of hydrogen-bond donors (Lipinski definition) is 3. The molecule has 2 rings (SSSR count). The number of anilines is 1. The number of nitrogens with two attached hydrogens (primary N) is 1. The van der Waals surface area contributed by atoms with Crippen molar-refractivity contribution in [2.75, 3.05) is 25.0 Å². The molecule has 0 aliphatic carbocycles. The first-order chi connectivity index (χ1) is 9.00. The summed E-state index contributed by atoms with van der Waals surface area (Å²) in [5.41, 5.74) is 6.82. The highest BCUT2D eigenvalue weighted by Crippen LogP contribution is 2.29. The van der Waals surface area contributed by atoms with Crippen molar-refractivity contribution in [1.29, 1.82) is 0 Å². The van der Waals surface area contributed by atoms with Gasteiger partial charge in [-0.1, -0.05) is 18.5 Å². The third-order valence-corrected chi connectivity index (χ3v) is 4.00. The number of carbonyl (C=O) groups excluding carboxylic acids is 1. The molecule has 1 aromatic carbocycles. The van der Waals surface area contributed by atoms with Gasteiger partial charge in [-0.25, -0.2) is 0 Å². The van der Waals surface area contributed by atoms with E-state index in [0.29, 0.717) is 10.6 Å². The normalized spacial score (nSPS) is 18.0. The zero-order valence-corrected chi connectivity index (χ0v) is 11.9. The fourth-order valence-corrected chi connectivity index (χ4v) is 2.57. The highest BCUT2D eigenvalue weighted by molar-refractivity contribution is 6.31. The molecule has 1 saturated heterocycles. The Hall–Kier alpha value is -1.26. The molecule has 0 atom stereocenters. The van der Waals surface area contributed by atoms with Crippen LogP contribution in [0, 0.1) is 5.41 Å². The summed E-state index contributed by atoms with van der Waals surface area (Å²) in [6, 6.07) is 5.10. The van der Waals surface area contributed by atoms with Crippen LogP contribution in [0.4, 0.5) is 5.69 Å². The van der Waals surface area contributed by atoms with Crippen molar-refractivity contribution in [2.24, 2.45) is 11.1 Å². The van der Waals surface area contributed by atoms with Crippen LogP contribution in [0.3, 0.4) is 0 Å². The van der Waals surface area contributed by atoms with Crippen molar-refractivity contribution >= 4 is 23.2 Å². The van der Waals surface area contributed by atoms with Gasteiger partial charge in [-0.3, -0.25) is 4.79 Å². The molecule has 4 nitrogen and oxygen atoms in total. The lowest BCUT2D eigenvalue weighted by molar-refractivity contribution is 0.100. The predicted octanol–water partition coefficient (Wildman–Crippen LogP) is 2.24. The Morgan fingerprint density at radius 2 is 2.16 bits per heavy atom. The second-order valence-corrected chi connectivity index (χ2v) is 5.90. The van der Waals surface area contributed by atoms with Crippen LogP contribution in [0.25, 0.3) is 0 Å². The Balaban J connectivity index is 2.10. The van der Waals surface area contributed by atoms with Crippen molar-refractivity contribution in [3.63, 3.8) is 0 Å². The van der Waals surface area contributed by atoms with Crippen LogP contribution in [0.1, 0.15) is 30.1 Å². The minimum atomic E-state index is -0.436. The number of carbonyl (C=O) groups is 1. The van der Waals surface area contributed by atoms with Crippen molar-refractivity contribution in [2.45, 2.75) is 19.8 Å². The molecule has 0 bridgehead atoms. The minimum absolute atomic E-state index is 0.239. The molecule has 0 saturated carbocycles. The molecule has 0 radical (unpaired) electrons. The molecule has 0 unspecified atom stereocenters. The predicted molar refractivity (Wildman–Crippen MR) is 78.7 cm³/mol. The number of hydrogen-bond acceptors (Lipinski definition) is 3. The van der Waals surface area contributed by atoms with Crippen LogP contribution in [-0.2, 0) is 0 Å². The minimum Gasteiger partial charge on any atom is -0.384 e. The topological polar surface area (TPSA) is 67.1 Å². The smallest absolute Gasteiger partial charge is 0.250 e. The van der Waals surface area contributed by atoms with E-state index in [1.54, 1.807) is 18.2 Å². The quantitative estimate of drug-likeness (QED) is 0.793. The van der Waals surface area contributed by atoms with Gasteiger partial charge in [-0.2, -0.15) is 0 Å². The van der Waals surface area contributed by atoms with Crippen molar-refractivity contribution in [1.82, 2.24) is 5.32 Å². The summed E-state index contributed by atoms with van der Waals surface area (Å²) in [6.07, 6.45) is 2.24. The van der Waals surface area contributed by atoms with Crippen LogP contribution >= 0.6 is 11.6 Å². The van der Waals surface area contributed by atoms with Gasteiger partial charge < -0.3 is 16.4 Å². The molecule has 104 valence electrons. The van der Waals surface area contributed by atoms with Crippen LogP contribution in [0.15, 0.2) is 18.2 Å². The lowest BCUT2D eigenvalue weighted by atomic mass is 9.81. The summed E-state index contributed by atoms with van der Waals surface area (Å²) in [6.45, 7) is 5.15. The van der Waals surface area contributed by atoms with E-state index in [0.717, 1.165) is 38.2 Å². The maximum atomic E-state index is 11.4. The number of nitrogens with one attached hydrogen (secondary N) is 2. The molecule has 1 aliphatic heterocycles. The SMILES string of the molecule is CC1(CNc2cc(Cl)ccc2C(N)=O)CCNCC1. The van der Waals surface area contributed by atoms with Crippen LogP contribution in [0.5, 0.6) is 0 Å². The average Bonchev–Trinajstić information content (AvgIpc) is 2.37. The van der Waals surface area contributed by atoms with Crippen LogP contribution in [0.2, 0.25) is 5.02 Å². The molecule has 1 amide bonds. The summed E-state index contributed by atoms with van der Waals surface area (Å²) in [5, 5.41) is 7.29. The molecular formula is C14H20ClN3O. The fraction of sp³-hybridized carbons (Fsp3) is 0.500. The van der Waals surface area contributed by atoms with E-state index in [1.165, 1.54) is 0 Å². The van der Waals surface area contributed by atoms with Crippen molar-refractivity contribution < 1.29 is 4.79 Å². The summed E-state index contributed by atoms with van der Waals surface area (Å²) in [4.78, 5) is 11.4. The maximum Gasteiger partial charge on any atom is 0.250 e. The van der Waals surface area contributed by atoms with E-state index in [2.05, 4.69) is 17.6 Å². The van der Waals surface area contributed by atoms with Gasteiger partial charge in [0.15, 0.2) is 0 Å². The van der Waals surface area contributed by atoms with Gasteiger partial charge in [-0.15, -0.1) is 0 Å². The highest BCUT2D eigenvalue weighted by Gasteiger charge is 2.26. The molecule has 0 aromatic heterocycles. The molecule has 5 heteroatoms. The average molecular weight is 282 g/mol. The van der Waals surface area contributed by atoms with Gasteiger partial charge in [0.25, 0.3) is 5.91 Å². The van der Waals surface area contributed by atoms with Gasteiger partial charge in [0.2, 0.25) is 0 Å². The summed E-state index contributed by atoms with van der Waals surface area (Å²) >= 11 is 5.98. The van der Waals surface area contributed by atoms with E-state index in [1.807, 2.05) is 0 Å². The van der Waals surface area contributed by atoms with Crippen LogP contribution in [-0.4, -0.2) is 25.5 Å². The lowest BCUT2D eigenvalue weighted by Crippen LogP contribution is -2.39. The third kappa shape index (κ3) is 3.61. The van der Waals surface area contributed by atoms with Crippen LogP contribution < -0.4 is 16.4 Å². The van der Waals surface area contributed by atoms with E-state index < -0.39 is 5.91 Å². The number of primary amides is 1. The van der Waals surface area contributed by atoms with E-state index in [-0.39, 0.29) is 5.41 Å². The molecular weight excluding hydrogens is 262 g/mol. The van der Waals surface area contributed by atoms with E-state index >= 15 is 0 Å². The largest absolute Gasteiger partial charge is 0.384 e. The molecule has 1 aromatic rings. The second kappa shape index (κ2) is 5.80. The van der Waals surface area contributed by atoms with Gasteiger partial charge in [-0.05, 0) is 49.5 Å². The Kier molecular flexibility index (Phi) is 4.32. The van der Waals surface area contributed by atoms with Gasteiger partial charge in [0.1, 0.15) is 0 Å². The second-order valence-electron chi connectivity index (χ2n) is 5.47. The first-order valence-electron chi connectivity index (χ1n) is 6.54.